The molecule has 0 unspecified atom stereocenters. The Bertz CT molecular complexity index is 1490. The summed E-state index contributed by atoms with van der Waals surface area (Å²) in [6.45, 7) is 0. The van der Waals surface area contributed by atoms with Crippen molar-refractivity contribution in [2.24, 2.45) is 0 Å². The number of nitrogens with one attached hydrogen (secondary N) is 1. The van der Waals surface area contributed by atoms with Gasteiger partial charge in [-0.3, -0.25) is 14.8 Å². The molecule has 0 bridgehead atoms. The molecular weight excluding hydrogens is 456 g/mol. The monoisotopic (exact) mass is 472 g/mol. The van der Waals surface area contributed by atoms with Crippen LogP contribution >= 0.6 is 0 Å². The summed E-state index contributed by atoms with van der Waals surface area (Å²) in [5, 5.41) is 11.1. The molecule has 0 aliphatic heterocycles. The van der Waals surface area contributed by atoms with Gasteiger partial charge in [0.1, 0.15) is 5.58 Å². The first-order valence-corrected chi connectivity index (χ1v) is 12.4. The molecule has 0 fully saturated rings. The molecule has 4 rings (SSSR count). The zero-order valence-electron chi connectivity index (χ0n) is 16.3. The van der Waals surface area contributed by atoms with E-state index in [1.165, 1.54) is 54.6 Å². The minimum atomic E-state index is -4.08. The predicted octanol–water partition coefficient (Wildman–Crippen LogP) is 4.12. The van der Waals surface area contributed by atoms with E-state index >= 15 is 0 Å². The molecule has 0 amide bonds. The smallest absolute Gasteiger partial charge is 0.295 e. The molecule has 1 N–H and O–H groups in total. The van der Waals surface area contributed by atoms with Crippen LogP contribution in [-0.4, -0.2) is 21.8 Å². The van der Waals surface area contributed by atoms with Crippen LogP contribution in [0.3, 0.4) is 0 Å². The third-order valence-electron chi connectivity index (χ3n) is 4.62. The highest BCUT2D eigenvalue weighted by Crippen LogP contribution is 2.26. The van der Waals surface area contributed by atoms with Crippen molar-refractivity contribution in [1.82, 2.24) is 0 Å². The summed E-state index contributed by atoms with van der Waals surface area (Å²) in [4.78, 5) is 10.1. The summed E-state index contributed by atoms with van der Waals surface area (Å²) in [6, 6.07) is 18.8. The number of hydrogen-bond acceptors (Lipinski definition) is 7. The number of benzene rings is 3. The van der Waals surface area contributed by atoms with Gasteiger partial charge in [0.05, 0.1) is 21.3 Å². The Balaban J connectivity index is 1.57. The summed E-state index contributed by atoms with van der Waals surface area (Å²) in [5.41, 5.74) is 0.680. The van der Waals surface area contributed by atoms with E-state index in [1.54, 1.807) is 24.3 Å². The number of anilines is 1. The first-order chi connectivity index (χ1) is 15.1. The van der Waals surface area contributed by atoms with E-state index < -0.39 is 30.5 Å². The Kier molecular flexibility index (Phi) is 5.45. The zero-order valence-corrected chi connectivity index (χ0v) is 18.0. The van der Waals surface area contributed by atoms with Gasteiger partial charge in [0, 0.05) is 23.6 Å². The molecule has 3 aromatic carbocycles. The maximum absolute atomic E-state index is 12.8. The van der Waals surface area contributed by atoms with Gasteiger partial charge in [-0.2, -0.15) is 8.42 Å². The van der Waals surface area contributed by atoms with E-state index in [9.17, 15) is 26.9 Å². The van der Waals surface area contributed by atoms with Crippen molar-refractivity contribution in [3.05, 3.63) is 94.5 Å². The van der Waals surface area contributed by atoms with Crippen molar-refractivity contribution in [2.45, 2.75) is 15.7 Å². The largest absolute Gasteiger partial charge is 0.443 e. The summed E-state index contributed by atoms with van der Waals surface area (Å²) >= 11 is 0. The highest BCUT2D eigenvalue weighted by molar-refractivity contribution is 7.92. The number of non-ortho nitro benzene ring substituents is 1. The van der Waals surface area contributed by atoms with Gasteiger partial charge in [-0.05, 0) is 29.8 Å². The zero-order chi connectivity index (χ0) is 22.9. The molecule has 0 saturated carbocycles. The van der Waals surface area contributed by atoms with Crippen LogP contribution in [0.1, 0.15) is 5.56 Å². The molecule has 0 aliphatic carbocycles. The lowest BCUT2D eigenvalue weighted by Crippen LogP contribution is -2.13. The summed E-state index contributed by atoms with van der Waals surface area (Å²) in [5.74, 6) is -0.398. The third-order valence-corrected chi connectivity index (χ3v) is 7.54. The maximum Gasteiger partial charge on any atom is 0.295 e. The number of nitro groups is 1. The van der Waals surface area contributed by atoms with Crippen LogP contribution in [0.25, 0.3) is 11.0 Å². The van der Waals surface area contributed by atoms with Crippen molar-refractivity contribution < 1.29 is 26.2 Å². The van der Waals surface area contributed by atoms with Gasteiger partial charge in [-0.15, -0.1) is 0 Å². The number of fused-ring (bicyclic) bond motifs is 1. The molecule has 32 heavy (non-hydrogen) atoms. The molecule has 1 heterocycles. The second kappa shape index (κ2) is 8.09. The fourth-order valence-electron chi connectivity index (χ4n) is 3.07. The molecular formula is C21H16N2O7S2. The molecule has 4 aromatic rings. The van der Waals surface area contributed by atoms with Crippen molar-refractivity contribution in [3.8, 4) is 0 Å². The van der Waals surface area contributed by atoms with Crippen LogP contribution in [0.5, 0.6) is 0 Å². The van der Waals surface area contributed by atoms with Crippen LogP contribution in [-0.2, 0) is 25.6 Å². The number of hydrogen-bond donors (Lipinski definition) is 1. The number of furan rings is 1. The molecule has 11 heteroatoms. The topological polar surface area (TPSA) is 137 Å². The van der Waals surface area contributed by atoms with Gasteiger partial charge < -0.3 is 4.42 Å². The fraction of sp³-hybridized carbons (Fsp3) is 0.0476. The molecule has 9 nitrogen and oxygen atoms in total. The lowest BCUT2D eigenvalue weighted by molar-refractivity contribution is -0.384. The number of rotatable bonds is 7. The Labute approximate surface area is 183 Å². The van der Waals surface area contributed by atoms with Gasteiger partial charge >= 0.3 is 0 Å². The molecule has 0 radical (unpaired) electrons. The molecule has 0 aliphatic rings. The van der Waals surface area contributed by atoms with Crippen molar-refractivity contribution in [3.63, 3.8) is 0 Å². The Hall–Kier alpha value is -3.70. The molecule has 1 aromatic heterocycles. The lowest BCUT2D eigenvalue weighted by Gasteiger charge is -2.09. The molecule has 164 valence electrons. The van der Waals surface area contributed by atoms with Gasteiger partial charge in [0.25, 0.3) is 15.7 Å². The third kappa shape index (κ3) is 4.48. The SMILES string of the molecule is O=[N+]([O-])c1ccc(CS(=O)(=O)c2cccc(NS(=O)(=O)c3cc4ccccc4o3)c2)cc1. The normalized spacial score (nSPS) is 12.0. The van der Waals surface area contributed by atoms with E-state index in [0.29, 0.717) is 16.5 Å². The van der Waals surface area contributed by atoms with E-state index in [0.717, 1.165) is 0 Å². The number of nitrogens with zero attached hydrogens (tertiary/aromatic N) is 1. The first-order valence-electron chi connectivity index (χ1n) is 9.22. The van der Waals surface area contributed by atoms with Crippen LogP contribution < -0.4 is 4.72 Å². The summed E-state index contributed by atoms with van der Waals surface area (Å²) in [6.07, 6.45) is 0. The van der Waals surface area contributed by atoms with E-state index in [4.69, 9.17) is 4.42 Å². The first kappa shape index (κ1) is 21.5. The Morgan fingerprint density at radius 1 is 0.875 bits per heavy atom. The van der Waals surface area contributed by atoms with Gasteiger partial charge in [-0.25, -0.2) is 8.42 Å². The highest BCUT2D eigenvalue weighted by Gasteiger charge is 2.22. The Morgan fingerprint density at radius 3 is 2.28 bits per heavy atom. The van der Waals surface area contributed by atoms with Gasteiger partial charge in [-0.1, -0.05) is 36.4 Å². The average Bonchev–Trinajstić information content (AvgIpc) is 3.19. The van der Waals surface area contributed by atoms with Crippen LogP contribution in [0, 0.1) is 10.1 Å². The van der Waals surface area contributed by atoms with Crippen LogP contribution in [0.2, 0.25) is 0 Å². The van der Waals surface area contributed by atoms with Crippen LogP contribution in [0.4, 0.5) is 11.4 Å². The standard InChI is InChI=1S/C21H16N2O7S2/c24-23(25)18-10-8-15(9-11-18)14-31(26,27)19-6-3-5-17(13-19)22-32(28,29)21-12-16-4-1-2-7-20(16)30-21/h1-13,22H,14H2. The molecule has 0 saturated heterocycles. The second-order valence-electron chi connectivity index (χ2n) is 6.92. The van der Waals surface area contributed by atoms with Gasteiger partial charge in [0.2, 0.25) is 5.09 Å². The van der Waals surface area contributed by atoms with E-state index in [2.05, 4.69) is 4.72 Å². The number of para-hydroxylation sites is 1. The number of nitro benzene ring substituents is 1. The number of sulfonamides is 1. The van der Waals surface area contributed by atoms with Crippen molar-refractivity contribution >= 4 is 42.2 Å². The molecule has 0 atom stereocenters. The summed E-state index contributed by atoms with van der Waals surface area (Å²) < 4.78 is 58.7. The number of sulfone groups is 1. The van der Waals surface area contributed by atoms with Crippen LogP contribution in [0.15, 0.2) is 93.3 Å². The highest BCUT2D eigenvalue weighted by atomic mass is 32.2. The Morgan fingerprint density at radius 2 is 1.59 bits per heavy atom. The quantitative estimate of drug-likeness (QED) is 0.315. The minimum Gasteiger partial charge on any atom is -0.443 e. The fourth-order valence-corrected chi connectivity index (χ4v) is 5.47. The van der Waals surface area contributed by atoms with E-state index in [1.807, 2.05) is 0 Å². The van der Waals surface area contributed by atoms with E-state index in [-0.39, 0.29) is 21.4 Å². The van der Waals surface area contributed by atoms with Gasteiger partial charge in [0.15, 0.2) is 9.84 Å². The minimum absolute atomic E-state index is 0.0511. The maximum atomic E-state index is 12.8. The molecule has 0 spiro atoms. The second-order valence-corrected chi connectivity index (χ2v) is 10.5. The summed E-state index contributed by atoms with van der Waals surface area (Å²) in [7, 11) is -7.92. The predicted molar refractivity (Wildman–Crippen MR) is 117 cm³/mol. The average molecular weight is 473 g/mol. The lowest BCUT2D eigenvalue weighted by atomic mass is 10.2. The van der Waals surface area contributed by atoms with Crippen molar-refractivity contribution in [2.75, 3.05) is 4.72 Å². The van der Waals surface area contributed by atoms with Crippen molar-refractivity contribution in [1.29, 1.82) is 0 Å².